The Bertz CT molecular complexity index is 279. The van der Waals surface area contributed by atoms with Crippen LogP contribution in [0.1, 0.15) is 31.7 Å². The summed E-state index contributed by atoms with van der Waals surface area (Å²) in [4.78, 5) is 11.1. The number of nitrogens with one attached hydrogen (secondary N) is 1. The van der Waals surface area contributed by atoms with Gasteiger partial charge in [0.2, 0.25) is 0 Å². The average Bonchev–Trinajstić information content (AvgIpc) is 2.04. The zero-order chi connectivity index (χ0) is 8.27. The summed E-state index contributed by atoms with van der Waals surface area (Å²) in [7, 11) is 0. The molecular formula is C8H12N2O. The summed E-state index contributed by atoms with van der Waals surface area (Å²) in [5.41, 5.74) is 0.754. The van der Waals surface area contributed by atoms with E-state index in [1.165, 1.54) is 0 Å². The number of aromatic amines is 1. The molecule has 0 saturated heterocycles. The molecule has 1 atom stereocenters. The van der Waals surface area contributed by atoms with Crippen molar-refractivity contribution in [3.63, 3.8) is 0 Å². The molecule has 0 amide bonds. The fourth-order valence-electron chi connectivity index (χ4n) is 0.962. The van der Waals surface area contributed by atoms with Crippen LogP contribution in [0.15, 0.2) is 17.1 Å². The smallest absolute Gasteiger partial charge is 0.267 e. The molecule has 0 aliphatic carbocycles. The lowest BCUT2D eigenvalue weighted by Crippen LogP contribution is -2.14. The molecule has 1 unspecified atom stereocenters. The molecule has 1 aromatic rings. The van der Waals surface area contributed by atoms with E-state index < -0.39 is 0 Å². The lowest BCUT2D eigenvalue weighted by atomic mass is 10.0. The third-order valence-corrected chi connectivity index (χ3v) is 1.90. The van der Waals surface area contributed by atoms with Gasteiger partial charge in [-0.2, -0.15) is 5.10 Å². The monoisotopic (exact) mass is 152 g/mol. The van der Waals surface area contributed by atoms with Gasteiger partial charge in [0.05, 0.1) is 0 Å². The van der Waals surface area contributed by atoms with E-state index in [0.717, 1.165) is 12.0 Å². The van der Waals surface area contributed by atoms with E-state index >= 15 is 0 Å². The Morgan fingerprint density at radius 3 is 3.00 bits per heavy atom. The van der Waals surface area contributed by atoms with Gasteiger partial charge in [-0.15, -0.1) is 0 Å². The fraction of sp³-hybridized carbons (Fsp3) is 0.500. The van der Waals surface area contributed by atoms with Crippen LogP contribution in [-0.2, 0) is 0 Å². The normalized spacial score (nSPS) is 12.9. The molecule has 0 fully saturated rings. The van der Waals surface area contributed by atoms with Crippen LogP contribution in [0, 0.1) is 0 Å². The molecule has 3 heteroatoms. The number of hydrogen-bond acceptors (Lipinski definition) is 2. The molecule has 0 aliphatic rings. The zero-order valence-electron chi connectivity index (χ0n) is 6.79. The number of H-pyrrole nitrogens is 1. The molecule has 60 valence electrons. The Kier molecular flexibility index (Phi) is 2.41. The maximum absolute atomic E-state index is 11.1. The van der Waals surface area contributed by atoms with E-state index in [9.17, 15) is 4.79 Å². The lowest BCUT2D eigenvalue weighted by molar-refractivity contribution is 0.714. The fourth-order valence-corrected chi connectivity index (χ4v) is 0.962. The average molecular weight is 152 g/mol. The van der Waals surface area contributed by atoms with Gasteiger partial charge in [0.1, 0.15) is 0 Å². The maximum atomic E-state index is 11.1. The van der Waals surface area contributed by atoms with Crippen LogP contribution in [0.4, 0.5) is 0 Å². The molecule has 0 saturated carbocycles. The van der Waals surface area contributed by atoms with Crippen molar-refractivity contribution in [3.05, 3.63) is 28.2 Å². The van der Waals surface area contributed by atoms with Crippen molar-refractivity contribution in [2.45, 2.75) is 26.2 Å². The highest BCUT2D eigenvalue weighted by atomic mass is 16.1. The predicted molar refractivity (Wildman–Crippen MR) is 43.6 cm³/mol. The van der Waals surface area contributed by atoms with Gasteiger partial charge in [-0.25, -0.2) is 5.10 Å². The van der Waals surface area contributed by atoms with Crippen LogP contribution in [0.2, 0.25) is 0 Å². The minimum Gasteiger partial charge on any atom is -0.268 e. The molecule has 1 heterocycles. The second kappa shape index (κ2) is 3.32. The molecule has 0 bridgehead atoms. The van der Waals surface area contributed by atoms with Crippen LogP contribution in [0.5, 0.6) is 0 Å². The van der Waals surface area contributed by atoms with Gasteiger partial charge in [-0.1, -0.05) is 13.8 Å². The second-order valence-corrected chi connectivity index (χ2v) is 2.65. The number of hydrogen-bond donors (Lipinski definition) is 1. The van der Waals surface area contributed by atoms with E-state index in [0.29, 0.717) is 5.92 Å². The van der Waals surface area contributed by atoms with Gasteiger partial charge in [-0.05, 0) is 18.4 Å². The van der Waals surface area contributed by atoms with Crippen LogP contribution < -0.4 is 5.56 Å². The molecule has 1 N–H and O–H groups in total. The first-order chi connectivity index (χ1) is 5.25. The van der Waals surface area contributed by atoms with Crippen molar-refractivity contribution in [1.82, 2.24) is 10.2 Å². The van der Waals surface area contributed by atoms with Crippen LogP contribution in [-0.4, -0.2) is 10.2 Å². The van der Waals surface area contributed by atoms with Crippen LogP contribution in [0.3, 0.4) is 0 Å². The van der Waals surface area contributed by atoms with Gasteiger partial charge < -0.3 is 0 Å². The summed E-state index contributed by atoms with van der Waals surface area (Å²) in [5, 5.41) is 6.03. The Labute approximate surface area is 65.5 Å². The van der Waals surface area contributed by atoms with Crippen LogP contribution in [0.25, 0.3) is 0 Å². The highest BCUT2D eigenvalue weighted by Gasteiger charge is 2.05. The Morgan fingerprint density at radius 2 is 2.45 bits per heavy atom. The summed E-state index contributed by atoms with van der Waals surface area (Å²) in [6.45, 7) is 4.09. The topological polar surface area (TPSA) is 45.8 Å². The quantitative estimate of drug-likeness (QED) is 0.693. The van der Waals surface area contributed by atoms with Gasteiger partial charge in [0.15, 0.2) is 0 Å². The maximum Gasteiger partial charge on any atom is 0.267 e. The van der Waals surface area contributed by atoms with E-state index in [-0.39, 0.29) is 5.56 Å². The lowest BCUT2D eigenvalue weighted by Gasteiger charge is -2.04. The zero-order valence-corrected chi connectivity index (χ0v) is 6.79. The van der Waals surface area contributed by atoms with Crippen molar-refractivity contribution >= 4 is 0 Å². The van der Waals surface area contributed by atoms with Crippen LogP contribution >= 0.6 is 0 Å². The van der Waals surface area contributed by atoms with E-state index in [2.05, 4.69) is 17.1 Å². The molecule has 0 radical (unpaired) electrons. The first-order valence-corrected chi connectivity index (χ1v) is 3.79. The number of rotatable bonds is 2. The van der Waals surface area contributed by atoms with E-state index in [1.54, 1.807) is 12.3 Å². The summed E-state index contributed by atoms with van der Waals surface area (Å²) in [6.07, 6.45) is 2.59. The van der Waals surface area contributed by atoms with Crippen molar-refractivity contribution in [1.29, 1.82) is 0 Å². The number of nitrogens with zero attached hydrogens (tertiary/aromatic N) is 1. The predicted octanol–water partition coefficient (Wildman–Crippen LogP) is 1.28. The van der Waals surface area contributed by atoms with Crippen molar-refractivity contribution in [2.75, 3.05) is 0 Å². The summed E-state index contributed by atoms with van der Waals surface area (Å²) in [5.74, 6) is 0.321. The Balaban J connectivity index is 3.03. The highest BCUT2D eigenvalue weighted by Crippen LogP contribution is 2.12. The molecule has 3 nitrogen and oxygen atoms in total. The molecule has 1 aromatic heterocycles. The molecule has 11 heavy (non-hydrogen) atoms. The standard InChI is InChI=1S/C8H12N2O/c1-3-6(2)7-4-5-9-10-8(7)11/h4-6H,3H2,1-2H3,(H,10,11). The van der Waals surface area contributed by atoms with Crippen molar-refractivity contribution in [2.24, 2.45) is 0 Å². The Morgan fingerprint density at radius 1 is 1.73 bits per heavy atom. The third kappa shape index (κ3) is 1.67. The van der Waals surface area contributed by atoms with E-state index in [1.807, 2.05) is 6.92 Å². The first-order valence-electron chi connectivity index (χ1n) is 3.79. The minimum atomic E-state index is -0.0677. The van der Waals surface area contributed by atoms with Crippen molar-refractivity contribution < 1.29 is 0 Å². The third-order valence-electron chi connectivity index (χ3n) is 1.90. The number of aromatic nitrogens is 2. The molecule has 0 aliphatic heterocycles. The largest absolute Gasteiger partial charge is 0.268 e. The molecule has 1 rings (SSSR count). The highest BCUT2D eigenvalue weighted by molar-refractivity contribution is 5.10. The first kappa shape index (κ1) is 7.98. The SMILES string of the molecule is CCC(C)c1ccn[nH]c1=O. The van der Waals surface area contributed by atoms with Gasteiger partial charge in [-0.3, -0.25) is 4.79 Å². The van der Waals surface area contributed by atoms with Gasteiger partial charge >= 0.3 is 0 Å². The summed E-state index contributed by atoms with van der Waals surface area (Å²) < 4.78 is 0. The molecule has 0 aromatic carbocycles. The molecule has 0 spiro atoms. The van der Waals surface area contributed by atoms with Gasteiger partial charge in [0.25, 0.3) is 5.56 Å². The summed E-state index contributed by atoms with van der Waals surface area (Å²) >= 11 is 0. The minimum absolute atomic E-state index is 0.0677. The van der Waals surface area contributed by atoms with E-state index in [4.69, 9.17) is 0 Å². The van der Waals surface area contributed by atoms with Gasteiger partial charge in [0, 0.05) is 11.8 Å². The second-order valence-electron chi connectivity index (χ2n) is 2.65. The van der Waals surface area contributed by atoms with Crippen molar-refractivity contribution in [3.8, 4) is 0 Å². The molecular weight excluding hydrogens is 140 g/mol. The Hall–Kier alpha value is -1.12. The summed E-state index contributed by atoms with van der Waals surface area (Å²) in [6, 6.07) is 1.77.